The van der Waals surface area contributed by atoms with Gasteiger partial charge in [0.2, 0.25) is 0 Å². The van der Waals surface area contributed by atoms with Gasteiger partial charge in [0.25, 0.3) is 15.9 Å². The van der Waals surface area contributed by atoms with E-state index in [-0.39, 0.29) is 5.91 Å². The van der Waals surface area contributed by atoms with Gasteiger partial charge in [0.1, 0.15) is 0 Å². The van der Waals surface area contributed by atoms with Crippen molar-refractivity contribution in [3.05, 3.63) is 92.5 Å². The van der Waals surface area contributed by atoms with Gasteiger partial charge in [-0.05, 0) is 48.0 Å². The van der Waals surface area contributed by atoms with Gasteiger partial charge in [0, 0.05) is 23.2 Å². The highest BCUT2D eigenvalue weighted by molar-refractivity contribution is 7.95. The van der Waals surface area contributed by atoms with Crippen molar-refractivity contribution in [3.63, 3.8) is 0 Å². The summed E-state index contributed by atoms with van der Waals surface area (Å²) in [5, 5.41) is 1.11. The van der Waals surface area contributed by atoms with Crippen LogP contribution in [0.1, 0.15) is 20.8 Å². The summed E-state index contributed by atoms with van der Waals surface area (Å²) in [6.45, 7) is 0.453. The van der Waals surface area contributed by atoms with Crippen LogP contribution in [0.25, 0.3) is 6.08 Å². The smallest absolute Gasteiger partial charge is 0.255 e. The summed E-state index contributed by atoms with van der Waals surface area (Å²) in [7, 11) is -1.95. The van der Waals surface area contributed by atoms with E-state index in [4.69, 9.17) is 11.6 Å². The normalized spacial score (nSPS) is 11.5. The molecular formula is C21H19ClN2O3S2. The molecule has 0 aliphatic heterocycles. The zero-order chi connectivity index (χ0) is 20.9. The van der Waals surface area contributed by atoms with Crippen molar-refractivity contribution in [2.24, 2.45) is 0 Å². The first-order valence-electron chi connectivity index (χ1n) is 8.68. The Morgan fingerprint density at radius 2 is 1.76 bits per heavy atom. The molecule has 0 unspecified atom stereocenters. The number of carbonyl (C=O) groups excluding carboxylic acids is 1. The largest absolute Gasteiger partial charge is 0.337 e. The number of hydrogen-bond donors (Lipinski definition) is 1. The zero-order valence-corrected chi connectivity index (χ0v) is 18.0. The molecule has 8 heteroatoms. The fraction of sp³-hybridized carbons (Fsp3) is 0.0952. The quantitative estimate of drug-likeness (QED) is 0.549. The van der Waals surface area contributed by atoms with Gasteiger partial charge < -0.3 is 4.90 Å². The lowest BCUT2D eigenvalue weighted by molar-refractivity contribution is 0.0786. The monoisotopic (exact) mass is 446 g/mol. The van der Waals surface area contributed by atoms with Crippen LogP contribution in [0.15, 0.2) is 72.1 Å². The molecule has 0 aliphatic carbocycles. The minimum Gasteiger partial charge on any atom is -0.337 e. The number of rotatable bonds is 7. The average Bonchev–Trinajstić information content (AvgIpc) is 3.11. The van der Waals surface area contributed by atoms with Gasteiger partial charge in [-0.1, -0.05) is 41.9 Å². The van der Waals surface area contributed by atoms with Crippen molar-refractivity contribution in [1.82, 2.24) is 4.90 Å². The summed E-state index contributed by atoms with van der Waals surface area (Å²) in [4.78, 5) is 15.1. The first kappa shape index (κ1) is 21.1. The highest BCUT2D eigenvalue weighted by Crippen LogP contribution is 2.23. The third-order valence-electron chi connectivity index (χ3n) is 4.00. The Labute approximate surface area is 179 Å². The van der Waals surface area contributed by atoms with Gasteiger partial charge in [-0.2, -0.15) is 0 Å². The Hall–Kier alpha value is -2.61. The fourth-order valence-electron chi connectivity index (χ4n) is 2.57. The van der Waals surface area contributed by atoms with Crippen LogP contribution in [0.3, 0.4) is 0 Å². The van der Waals surface area contributed by atoms with Gasteiger partial charge in [0.15, 0.2) is 0 Å². The van der Waals surface area contributed by atoms with E-state index in [1.807, 2.05) is 36.4 Å². The molecule has 0 bridgehead atoms. The number of anilines is 1. The number of nitrogens with one attached hydrogen (secondary N) is 1. The summed E-state index contributed by atoms with van der Waals surface area (Å²) in [6, 6.07) is 19.2. The Morgan fingerprint density at radius 1 is 1.07 bits per heavy atom. The van der Waals surface area contributed by atoms with E-state index in [1.54, 1.807) is 42.3 Å². The highest BCUT2D eigenvalue weighted by Gasteiger charge is 2.14. The van der Waals surface area contributed by atoms with E-state index in [0.29, 0.717) is 22.1 Å². The Morgan fingerprint density at radius 3 is 2.38 bits per heavy atom. The summed E-state index contributed by atoms with van der Waals surface area (Å²) < 4.78 is 27.6. The highest BCUT2D eigenvalue weighted by atomic mass is 35.5. The number of amides is 1. The maximum atomic E-state index is 12.6. The van der Waals surface area contributed by atoms with E-state index < -0.39 is 10.0 Å². The van der Waals surface area contributed by atoms with Crippen LogP contribution in [-0.2, 0) is 16.6 Å². The Balaban J connectivity index is 1.63. The molecule has 3 rings (SSSR count). The number of sulfonamides is 1. The second-order valence-corrected chi connectivity index (χ2v) is 9.67. The van der Waals surface area contributed by atoms with Crippen molar-refractivity contribution < 1.29 is 13.2 Å². The molecule has 0 atom stereocenters. The third kappa shape index (κ3) is 6.19. The predicted octanol–water partition coefficient (Wildman–Crippen LogP) is 5.09. The lowest BCUT2D eigenvalue weighted by Crippen LogP contribution is -2.25. The van der Waals surface area contributed by atoms with Gasteiger partial charge in [0.05, 0.1) is 16.3 Å². The molecule has 1 N–H and O–H groups in total. The van der Waals surface area contributed by atoms with Gasteiger partial charge in [-0.25, -0.2) is 8.42 Å². The van der Waals surface area contributed by atoms with Crippen LogP contribution >= 0.6 is 22.9 Å². The van der Waals surface area contributed by atoms with Crippen molar-refractivity contribution in [1.29, 1.82) is 0 Å². The van der Waals surface area contributed by atoms with E-state index in [1.165, 1.54) is 17.4 Å². The molecule has 1 heterocycles. The minimum atomic E-state index is -3.66. The van der Waals surface area contributed by atoms with Gasteiger partial charge >= 0.3 is 0 Å². The lowest BCUT2D eigenvalue weighted by atomic mass is 10.2. The molecule has 29 heavy (non-hydrogen) atoms. The lowest BCUT2D eigenvalue weighted by Gasteiger charge is -2.16. The van der Waals surface area contributed by atoms with Crippen molar-refractivity contribution in [2.45, 2.75) is 6.54 Å². The molecule has 0 aliphatic rings. The van der Waals surface area contributed by atoms with Crippen molar-refractivity contribution >= 4 is 50.6 Å². The minimum absolute atomic E-state index is 0.159. The van der Waals surface area contributed by atoms with E-state index in [2.05, 4.69) is 4.72 Å². The number of carbonyl (C=O) groups is 1. The second kappa shape index (κ2) is 9.26. The van der Waals surface area contributed by atoms with Crippen LogP contribution in [0.2, 0.25) is 4.34 Å². The molecule has 2 aromatic carbocycles. The van der Waals surface area contributed by atoms with Gasteiger partial charge in [-0.3, -0.25) is 9.52 Å². The number of hydrogen-bond acceptors (Lipinski definition) is 4. The molecule has 0 spiro atoms. The molecule has 150 valence electrons. The predicted molar refractivity (Wildman–Crippen MR) is 120 cm³/mol. The fourth-order valence-corrected chi connectivity index (χ4v) is 4.58. The molecule has 0 radical (unpaired) electrons. The molecule has 0 saturated heterocycles. The zero-order valence-electron chi connectivity index (χ0n) is 15.6. The number of halogens is 1. The van der Waals surface area contributed by atoms with E-state index in [0.717, 1.165) is 15.8 Å². The van der Waals surface area contributed by atoms with E-state index in [9.17, 15) is 13.2 Å². The van der Waals surface area contributed by atoms with Crippen LogP contribution in [0, 0.1) is 0 Å². The molecule has 0 fully saturated rings. The van der Waals surface area contributed by atoms with Gasteiger partial charge in [-0.15, -0.1) is 11.3 Å². The topological polar surface area (TPSA) is 66.5 Å². The standard InChI is InChI=1S/C21H19ClN2O3S2/c1-24(15-19-11-12-20(22)28-19)21(25)17-7-9-18(10-8-17)23-29(26,27)14-13-16-5-3-2-4-6-16/h2-14,23H,15H2,1H3. The molecular weight excluding hydrogens is 428 g/mol. The number of thiophene rings is 1. The Kier molecular flexibility index (Phi) is 6.74. The summed E-state index contributed by atoms with van der Waals surface area (Å²) in [5.74, 6) is -0.159. The van der Waals surface area contributed by atoms with Crippen LogP contribution in [0.4, 0.5) is 5.69 Å². The first-order valence-corrected chi connectivity index (χ1v) is 11.4. The van der Waals surface area contributed by atoms with Crippen molar-refractivity contribution in [3.8, 4) is 0 Å². The molecule has 1 aromatic heterocycles. The van der Waals surface area contributed by atoms with Crippen LogP contribution < -0.4 is 4.72 Å². The maximum absolute atomic E-state index is 12.6. The van der Waals surface area contributed by atoms with Crippen LogP contribution in [0.5, 0.6) is 0 Å². The first-order chi connectivity index (χ1) is 13.8. The molecule has 3 aromatic rings. The van der Waals surface area contributed by atoms with Crippen LogP contribution in [-0.4, -0.2) is 26.3 Å². The maximum Gasteiger partial charge on any atom is 0.255 e. The average molecular weight is 447 g/mol. The summed E-state index contributed by atoms with van der Waals surface area (Å²) >= 11 is 7.35. The second-order valence-electron chi connectivity index (χ2n) is 6.30. The Bertz CT molecular complexity index is 1110. The summed E-state index contributed by atoms with van der Waals surface area (Å²) in [5.41, 5.74) is 1.64. The SMILES string of the molecule is CN(Cc1ccc(Cl)s1)C(=O)c1ccc(NS(=O)(=O)C=Cc2ccccc2)cc1. The molecule has 5 nitrogen and oxygen atoms in total. The summed E-state index contributed by atoms with van der Waals surface area (Å²) in [6.07, 6.45) is 1.52. The van der Waals surface area contributed by atoms with E-state index >= 15 is 0 Å². The molecule has 0 saturated carbocycles. The van der Waals surface area contributed by atoms with Crippen molar-refractivity contribution in [2.75, 3.05) is 11.8 Å². The number of nitrogens with zero attached hydrogens (tertiary/aromatic N) is 1. The number of benzene rings is 2. The molecule has 1 amide bonds. The third-order valence-corrected chi connectivity index (χ3v) is 6.23.